The van der Waals surface area contributed by atoms with Crippen molar-refractivity contribution in [2.75, 3.05) is 4.90 Å². The number of carbonyl (C=O) groups excluding carboxylic acids is 1. The molecular weight excluding hydrogens is 412 g/mol. The van der Waals surface area contributed by atoms with E-state index in [4.69, 9.17) is 4.98 Å². The van der Waals surface area contributed by atoms with Gasteiger partial charge in [0.2, 0.25) is 5.91 Å². The average Bonchev–Trinajstić information content (AvgIpc) is 3.10. The van der Waals surface area contributed by atoms with E-state index >= 15 is 0 Å². The number of aromatic nitrogens is 2. The molecule has 2 aromatic heterocycles. The summed E-state index contributed by atoms with van der Waals surface area (Å²) in [4.78, 5) is 23.5. The average molecular weight is 437 g/mol. The summed E-state index contributed by atoms with van der Waals surface area (Å²) in [5.74, 6) is 0.514. The number of thiazole rings is 1. The Morgan fingerprint density at radius 1 is 1.10 bits per heavy atom. The van der Waals surface area contributed by atoms with Crippen LogP contribution >= 0.6 is 23.1 Å². The smallest absolute Gasteiger partial charge is 0.230 e. The molecule has 0 N–H and O–H groups in total. The van der Waals surface area contributed by atoms with Crippen LogP contribution in [0.2, 0.25) is 0 Å². The summed E-state index contributed by atoms with van der Waals surface area (Å²) in [7, 11) is 0. The molecule has 1 aromatic carbocycles. The van der Waals surface area contributed by atoms with E-state index in [0.29, 0.717) is 16.4 Å². The van der Waals surface area contributed by atoms with E-state index in [9.17, 15) is 10.1 Å². The van der Waals surface area contributed by atoms with Crippen LogP contribution in [0.25, 0.3) is 0 Å². The number of benzene rings is 1. The number of nitrogens with zero attached hydrogens (tertiary/aromatic N) is 4. The van der Waals surface area contributed by atoms with Gasteiger partial charge in [0.05, 0.1) is 16.9 Å². The van der Waals surface area contributed by atoms with Crippen LogP contribution < -0.4 is 4.90 Å². The maximum Gasteiger partial charge on any atom is 0.230 e. The zero-order chi connectivity index (χ0) is 22.0. The molecule has 154 valence electrons. The topological polar surface area (TPSA) is 69.9 Å². The summed E-state index contributed by atoms with van der Waals surface area (Å²) in [6, 6.07) is 8.33. The van der Waals surface area contributed by atoms with Gasteiger partial charge in [-0.05, 0) is 57.4 Å². The van der Waals surface area contributed by atoms with Gasteiger partial charge in [0.25, 0.3) is 0 Å². The lowest BCUT2D eigenvalue weighted by Gasteiger charge is -2.23. The van der Waals surface area contributed by atoms with Crippen molar-refractivity contribution in [2.24, 2.45) is 0 Å². The molecule has 0 aliphatic carbocycles. The fourth-order valence-corrected chi connectivity index (χ4v) is 5.53. The number of rotatable bonds is 5. The third-order valence-electron chi connectivity index (χ3n) is 4.68. The van der Waals surface area contributed by atoms with E-state index < -0.39 is 0 Å². The summed E-state index contributed by atoms with van der Waals surface area (Å²) < 4.78 is 0. The van der Waals surface area contributed by atoms with Gasteiger partial charge in [-0.15, -0.1) is 11.3 Å². The third-order valence-corrected chi connectivity index (χ3v) is 6.57. The number of hydrogen-bond donors (Lipinski definition) is 0. The maximum atomic E-state index is 12.5. The van der Waals surface area contributed by atoms with Crippen molar-refractivity contribution in [1.29, 1.82) is 5.26 Å². The van der Waals surface area contributed by atoms with Crippen LogP contribution in [0.5, 0.6) is 0 Å². The number of amides is 1. The second-order valence-corrected chi connectivity index (χ2v) is 9.18. The summed E-state index contributed by atoms with van der Waals surface area (Å²) in [6.45, 7) is 11.5. The van der Waals surface area contributed by atoms with Crippen LogP contribution in [0.1, 0.15) is 46.1 Å². The summed E-state index contributed by atoms with van der Waals surface area (Å²) >= 11 is 2.95. The largest absolute Gasteiger partial charge is 0.274 e. The Bertz CT molecular complexity index is 1140. The molecule has 3 aromatic rings. The molecule has 2 heterocycles. The van der Waals surface area contributed by atoms with Crippen LogP contribution in [-0.2, 0) is 10.5 Å². The molecule has 0 spiro atoms. The second-order valence-electron chi connectivity index (χ2n) is 7.38. The van der Waals surface area contributed by atoms with E-state index in [2.05, 4.69) is 30.1 Å². The molecule has 7 heteroatoms. The van der Waals surface area contributed by atoms with Crippen LogP contribution in [0.15, 0.2) is 28.6 Å². The van der Waals surface area contributed by atoms with Crippen molar-refractivity contribution >= 4 is 39.8 Å². The molecule has 0 aliphatic rings. The Morgan fingerprint density at radius 3 is 2.37 bits per heavy atom. The second kappa shape index (κ2) is 8.99. The van der Waals surface area contributed by atoms with Gasteiger partial charge >= 0.3 is 0 Å². The first-order chi connectivity index (χ1) is 14.2. The van der Waals surface area contributed by atoms with Crippen molar-refractivity contribution in [2.45, 2.75) is 52.3 Å². The quantitative estimate of drug-likeness (QED) is 0.464. The zero-order valence-corrected chi connectivity index (χ0v) is 19.7. The lowest BCUT2D eigenvalue weighted by molar-refractivity contribution is -0.115. The van der Waals surface area contributed by atoms with Crippen LogP contribution in [0, 0.1) is 45.9 Å². The number of aryl methyl sites for hydroxylation is 5. The van der Waals surface area contributed by atoms with Gasteiger partial charge in [0, 0.05) is 23.8 Å². The van der Waals surface area contributed by atoms with Crippen LogP contribution in [-0.4, -0.2) is 15.9 Å². The minimum atomic E-state index is -0.0682. The van der Waals surface area contributed by atoms with Gasteiger partial charge in [0.15, 0.2) is 5.13 Å². The fourth-order valence-electron chi connectivity index (χ4n) is 3.56. The summed E-state index contributed by atoms with van der Waals surface area (Å²) in [6.07, 6.45) is 0. The number of anilines is 2. The Labute approximate surface area is 185 Å². The highest BCUT2D eigenvalue weighted by Gasteiger charge is 2.22. The van der Waals surface area contributed by atoms with Crippen molar-refractivity contribution in [3.63, 3.8) is 0 Å². The van der Waals surface area contributed by atoms with Gasteiger partial charge in [-0.3, -0.25) is 9.69 Å². The molecule has 0 saturated heterocycles. The predicted octanol–water partition coefficient (Wildman–Crippen LogP) is 5.93. The Balaban J connectivity index is 1.89. The first kappa shape index (κ1) is 22.0. The maximum absolute atomic E-state index is 12.5. The van der Waals surface area contributed by atoms with Gasteiger partial charge < -0.3 is 0 Å². The number of hydrogen-bond acceptors (Lipinski definition) is 6. The molecule has 0 bridgehead atoms. The lowest BCUT2D eigenvalue weighted by atomic mass is 10.0. The first-order valence-corrected chi connectivity index (χ1v) is 11.4. The molecule has 0 fully saturated rings. The number of carbonyl (C=O) groups is 1. The van der Waals surface area contributed by atoms with Crippen LogP contribution in [0.4, 0.5) is 10.8 Å². The highest BCUT2D eigenvalue weighted by molar-refractivity contribution is 7.98. The summed E-state index contributed by atoms with van der Waals surface area (Å²) in [5, 5.41) is 12.8. The standard InChI is InChI=1S/C23H24N4OS2/c1-13-7-15(3)21(16(4)8-13)27(18(6)28)23-26-19(12-30-23)11-29-22-20(10-24)14(2)9-17(5)25-22/h7-9,12H,11H2,1-6H3. The first-order valence-electron chi connectivity index (χ1n) is 9.55. The molecule has 0 unspecified atom stereocenters. The van der Waals surface area contributed by atoms with Crippen molar-refractivity contribution in [1.82, 2.24) is 9.97 Å². The highest BCUT2D eigenvalue weighted by atomic mass is 32.2. The molecule has 0 saturated carbocycles. The van der Waals surface area contributed by atoms with Gasteiger partial charge in [-0.2, -0.15) is 5.26 Å². The van der Waals surface area contributed by atoms with E-state index in [1.807, 2.05) is 39.1 Å². The minimum absolute atomic E-state index is 0.0682. The van der Waals surface area contributed by atoms with Crippen molar-refractivity contribution in [3.8, 4) is 6.07 Å². The molecule has 5 nitrogen and oxygen atoms in total. The monoisotopic (exact) mass is 436 g/mol. The Morgan fingerprint density at radius 2 is 1.77 bits per heavy atom. The van der Waals surface area contributed by atoms with E-state index in [1.54, 1.807) is 11.8 Å². The molecule has 0 radical (unpaired) electrons. The Hall–Kier alpha value is -2.69. The molecule has 3 rings (SSSR count). The van der Waals surface area contributed by atoms with E-state index in [-0.39, 0.29) is 5.91 Å². The fraction of sp³-hybridized carbons (Fsp3) is 0.304. The highest BCUT2D eigenvalue weighted by Crippen LogP contribution is 2.35. The van der Waals surface area contributed by atoms with Gasteiger partial charge in [-0.1, -0.05) is 29.5 Å². The van der Waals surface area contributed by atoms with Crippen LogP contribution in [0.3, 0.4) is 0 Å². The van der Waals surface area contributed by atoms with Crippen molar-refractivity contribution in [3.05, 3.63) is 62.8 Å². The number of thioether (sulfide) groups is 1. The molecule has 1 amide bonds. The van der Waals surface area contributed by atoms with E-state index in [1.165, 1.54) is 28.7 Å². The number of pyridine rings is 1. The van der Waals surface area contributed by atoms with E-state index in [0.717, 1.165) is 38.8 Å². The third kappa shape index (κ3) is 4.55. The van der Waals surface area contributed by atoms with Crippen molar-refractivity contribution < 1.29 is 4.79 Å². The SMILES string of the molecule is CC(=O)N(c1nc(CSc2nc(C)cc(C)c2C#N)cs1)c1c(C)cc(C)cc1C. The molecule has 0 atom stereocenters. The summed E-state index contributed by atoms with van der Waals surface area (Å²) in [5.41, 5.74) is 7.45. The predicted molar refractivity (Wildman–Crippen MR) is 124 cm³/mol. The molecule has 0 aliphatic heterocycles. The Kier molecular flexibility index (Phi) is 6.59. The van der Waals surface area contributed by atoms with Gasteiger partial charge in [0.1, 0.15) is 11.1 Å². The minimum Gasteiger partial charge on any atom is -0.274 e. The molecule has 30 heavy (non-hydrogen) atoms. The zero-order valence-electron chi connectivity index (χ0n) is 18.0. The normalized spacial score (nSPS) is 10.7. The molecular formula is C23H24N4OS2. The van der Waals surface area contributed by atoms with Gasteiger partial charge in [-0.25, -0.2) is 9.97 Å². The number of nitriles is 1. The lowest BCUT2D eigenvalue weighted by Crippen LogP contribution is -2.24.